The minimum Gasteiger partial charge on any atom is -0.493 e. The van der Waals surface area contributed by atoms with Crippen LogP contribution in [0.1, 0.15) is 56.9 Å². The summed E-state index contributed by atoms with van der Waals surface area (Å²) in [7, 11) is 0. The van der Waals surface area contributed by atoms with Gasteiger partial charge in [-0.15, -0.1) is 0 Å². The first-order chi connectivity index (χ1) is 15.2. The summed E-state index contributed by atoms with van der Waals surface area (Å²) in [6.45, 7) is 6.41. The molecule has 4 rings (SSSR count). The molecule has 5 heteroatoms. The Morgan fingerprint density at radius 3 is 2.65 bits per heavy atom. The summed E-state index contributed by atoms with van der Waals surface area (Å²) in [6.07, 6.45) is 7.59. The van der Waals surface area contributed by atoms with E-state index in [2.05, 4.69) is 11.8 Å². The van der Waals surface area contributed by atoms with Crippen LogP contribution >= 0.6 is 0 Å². The summed E-state index contributed by atoms with van der Waals surface area (Å²) in [5.41, 5.74) is 1.21. The molecule has 1 saturated heterocycles. The van der Waals surface area contributed by atoms with Crippen molar-refractivity contribution in [2.45, 2.75) is 51.4 Å². The molecule has 31 heavy (non-hydrogen) atoms. The Balaban J connectivity index is 1.39. The number of hydrogen-bond donors (Lipinski definition) is 0. The van der Waals surface area contributed by atoms with Crippen molar-refractivity contribution in [3.05, 3.63) is 53.8 Å². The number of nitrogens with zero attached hydrogens (tertiary/aromatic N) is 1. The molecule has 0 saturated carbocycles. The first-order valence-electron chi connectivity index (χ1n) is 11.7. The van der Waals surface area contributed by atoms with Gasteiger partial charge < -0.3 is 19.1 Å². The Bertz CT molecular complexity index is 826. The second-order valence-electron chi connectivity index (χ2n) is 8.75. The topological polar surface area (TPSA) is 30.9 Å². The van der Waals surface area contributed by atoms with Crippen molar-refractivity contribution >= 4 is 0 Å². The van der Waals surface area contributed by atoms with Gasteiger partial charge in [-0.3, -0.25) is 0 Å². The lowest BCUT2D eigenvalue weighted by Gasteiger charge is -2.39. The number of piperidine rings is 1. The summed E-state index contributed by atoms with van der Waals surface area (Å²) in [4.78, 5) is 2.58. The highest BCUT2D eigenvalue weighted by molar-refractivity contribution is 5.46. The lowest BCUT2D eigenvalue weighted by atomic mass is 9.80. The molecule has 2 aliphatic heterocycles. The summed E-state index contributed by atoms with van der Waals surface area (Å²) < 4.78 is 30.5. The van der Waals surface area contributed by atoms with Gasteiger partial charge in [-0.1, -0.05) is 44.7 Å². The van der Waals surface area contributed by atoms with E-state index in [1.54, 1.807) is 12.1 Å². The van der Waals surface area contributed by atoms with E-state index in [-0.39, 0.29) is 12.6 Å². The quantitative estimate of drug-likeness (QED) is 0.435. The number of benzene rings is 2. The second kappa shape index (κ2) is 10.9. The summed E-state index contributed by atoms with van der Waals surface area (Å²) in [5, 5.41) is 0. The van der Waals surface area contributed by atoms with E-state index in [9.17, 15) is 4.39 Å². The standard InChI is InChI=1S/C26H34FNO3/c1-2-3-4-5-6-14-28-15-13-24(20-7-9-22(27)10-8-20)21(17-28)18-29-23-11-12-25-26(16-23)31-19-30-25/h7-12,16,21,24H,2-6,13-15,17-19H2,1H3/t21-,24-/m0/s1. The molecule has 4 nitrogen and oxygen atoms in total. The van der Waals surface area contributed by atoms with Gasteiger partial charge in [0.1, 0.15) is 11.6 Å². The lowest BCUT2D eigenvalue weighted by Crippen LogP contribution is -2.42. The molecular weight excluding hydrogens is 393 g/mol. The van der Waals surface area contributed by atoms with E-state index in [1.807, 2.05) is 30.3 Å². The molecule has 2 heterocycles. The molecule has 2 aromatic carbocycles. The third kappa shape index (κ3) is 5.91. The van der Waals surface area contributed by atoms with Crippen LogP contribution in [0, 0.1) is 11.7 Å². The van der Waals surface area contributed by atoms with Crippen LogP contribution in [-0.2, 0) is 0 Å². The highest BCUT2D eigenvalue weighted by Crippen LogP contribution is 2.37. The number of halogens is 1. The number of rotatable bonds is 10. The molecule has 0 unspecified atom stereocenters. The highest BCUT2D eigenvalue weighted by Gasteiger charge is 2.31. The SMILES string of the molecule is CCCCCCCN1CC[C@@H](c2ccc(F)cc2)[C@H](COc2ccc3c(c2)OCO3)C1. The second-order valence-corrected chi connectivity index (χ2v) is 8.75. The van der Waals surface area contributed by atoms with Gasteiger partial charge in [0.2, 0.25) is 6.79 Å². The van der Waals surface area contributed by atoms with E-state index in [1.165, 1.54) is 37.7 Å². The zero-order chi connectivity index (χ0) is 21.5. The third-order valence-corrected chi connectivity index (χ3v) is 6.50. The van der Waals surface area contributed by atoms with Crippen LogP contribution in [0.5, 0.6) is 17.2 Å². The number of ether oxygens (including phenoxy) is 3. The van der Waals surface area contributed by atoms with Crippen molar-refractivity contribution in [2.75, 3.05) is 33.0 Å². The minimum absolute atomic E-state index is 0.179. The molecule has 0 bridgehead atoms. The van der Waals surface area contributed by atoms with Crippen molar-refractivity contribution in [3.63, 3.8) is 0 Å². The van der Waals surface area contributed by atoms with E-state index >= 15 is 0 Å². The Labute approximate surface area is 185 Å². The maximum absolute atomic E-state index is 13.5. The molecular formula is C26H34FNO3. The molecule has 168 valence electrons. The van der Waals surface area contributed by atoms with Crippen molar-refractivity contribution < 1.29 is 18.6 Å². The fourth-order valence-corrected chi connectivity index (χ4v) is 4.74. The fraction of sp³-hybridized carbons (Fsp3) is 0.538. The molecule has 0 aliphatic carbocycles. The van der Waals surface area contributed by atoms with Crippen LogP contribution < -0.4 is 14.2 Å². The Morgan fingerprint density at radius 2 is 1.81 bits per heavy atom. The number of fused-ring (bicyclic) bond motifs is 1. The van der Waals surface area contributed by atoms with E-state index < -0.39 is 0 Å². The van der Waals surface area contributed by atoms with Gasteiger partial charge in [0.25, 0.3) is 0 Å². The molecule has 1 fully saturated rings. The molecule has 0 spiro atoms. The van der Waals surface area contributed by atoms with Crippen LogP contribution in [0.4, 0.5) is 4.39 Å². The third-order valence-electron chi connectivity index (χ3n) is 6.50. The van der Waals surface area contributed by atoms with E-state index in [0.717, 1.165) is 43.3 Å². The van der Waals surface area contributed by atoms with Crippen molar-refractivity contribution in [1.29, 1.82) is 0 Å². The van der Waals surface area contributed by atoms with Gasteiger partial charge in [-0.2, -0.15) is 0 Å². The minimum atomic E-state index is -0.179. The Kier molecular flexibility index (Phi) is 7.68. The highest BCUT2D eigenvalue weighted by atomic mass is 19.1. The molecule has 2 aromatic rings. The van der Waals surface area contributed by atoms with Crippen molar-refractivity contribution in [3.8, 4) is 17.2 Å². The monoisotopic (exact) mass is 427 g/mol. The van der Waals surface area contributed by atoms with E-state index in [0.29, 0.717) is 18.4 Å². The molecule has 0 aromatic heterocycles. The largest absolute Gasteiger partial charge is 0.493 e. The van der Waals surface area contributed by atoms with Crippen LogP contribution in [0.25, 0.3) is 0 Å². The summed E-state index contributed by atoms with van der Waals surface area (Å²) >= 11 is 0. The molecule has 2 atom stereocenters. The van der Waals surface area contributed by atoms with Crippen LogP contribution in [-0.4, -0.2) is 37.9 Å². The number of unbranched alkanes of at least 4 members (excludes halogenated alkanes) is 4. The van der Waals surface area contributed by atoms with Crippen LogP contribution in [0.2, 0.25) is 0 Å². The first kappa shape index (κ1) is 21.9. The van der Waals surface area contributed by atoms with Gasteiger partial charge in [0.15, 0.2) is 11.5 Å². The van der Waals surface area contributed by atoms with Crippen LogP contribution in [0.15, 0.2) is 42.5 Å². The Hall–Kier alpha value is -2.27. The summed E-state index contributed by atoms with van der Waals surface area (Å²) in [5.74, 6) is 2.87. The van der Waals surface area contributed by atoms with Crippen molar-refractivity contribution in [2.24, 2.45) is 5.92 Å². The van der Waals surface area contributed by atoms with Gasteiger partial charge in [-0.05, 0) is 61.7 Å². The van der Waals surface area contributed by atoms with Crippen molar-refractivity contribution in [1.82, 2.24) is 4.90 Å². The zero-order valence-corrected chi connectivity index (χ0v) is 18.5. The molecule has 2 aliphatic rings. The average molecular weight is 428 g/mol. The van der Waals surface area contributed by atoms with Gasteiger partial charge in [0, 0.05) is 18.5 Å². The van der Waals surface area contributed by atoms with Gasteiger partial charge in [0.05, 0.1) is 6.61 Å². The first-order valence-corrected chi connectivity index (χ1v) is 11.7. The maximum Gasteiger partial charge on any atom is 0.231 e. The Morgan fingerprint density at radius 1 is 1.00 bits per heavy atom. The smallest absolute Gasteiger partial charge is 0.231 e. The predicted octanol–water partition coefficient (Wildman–Crippen LogP) is 6.01. The average Bonchev–Trinajstić information content (AvgIpc) is 3.26. The normalized spacial score (nSPS) is 20.7. The molecule has 0 N–H and O–H groups in total. The predicted molar refractivity (Wildman–Crippen MR) is 121 cm³/mol. The molecule has 0 amide bonds. The fourth-order valence-electron chi connectivity index (χ4n) is 4.74. The summed E-state index contributed by atoms with van der Waals surface area (Å²) in [6, 6.07) is 12.8. The maximum atomic E-state index is 13.5. The number of hydrogen-bond acceptors (Lipinski definition) is 4. The van der Waals surface area contributed by atoms with Gasteiger partial charge >= 0.3 is 0 Å². The van der Waals surface area contributed by atoms with Crippen LogP contribution in [0.3, 0.4) is 0 Å². The van der Waals surface area contributed by atoms with E-state index in [4.69, 9.17) is 14.2 Å². The lowest BCUT2D eigenvalue weighted by molar-refractivity contribution is 0.109. The number of likely N-dealkylation sites (tertiary alicyclic amines) is 1. The molecule has 0 radical (unpaired) electrons. The van der Waals surface area contributed by atoms with Gasteiger partial charge in [-0.25, -0.2) is 4.39 Å². The zero-order valence-electron chi connectivity index (χ0n) is 18.5.